The van der Waals surface area contributed by atoms with Crippen molar-refractivity contribution in [3.05, 3.63) is 96.1 Å². The normalized spacial score (nSPS) is 16.2. The molecule has 41 heavy (non-hydrogen) atoms. The van der Waals surface area contributed by atoms with Gasteiger partial charge in [-0.1, -0.05) is 61.9 Å². The van der Waals surface area contributed by atoms with Crippen LogP contribution in [0.3, 0.4) is 0 Å². The number of ether oxygens (including phenoxy) is 1. The molecule has 3 amide bonds. The summed E-state index contributed by atoms with van der Waals surface area (Å²) in [7, 11) is 0. The third-order valence-corrected chi connectivity index (χ3v) is 7.99. The van der Waals surface area contributed by atoms with Crippen molar-refractivity contribution in [3.8, 4) is 5.75 Å². The molecule has 2 fully saturated rings. The zero-order valence-corrected chi connectivity index (χ0v) is 23.6. The lowest BCUT2D eigenvalue weighted by Crippen LogP contribution is -2.57. The fourth-order valence-corrected chi connectivity index (χ4v) is 5.64. The zero-order chi connectivity index (χ0) is 28.7. The van der Waals surface area contributed by atoms with Crippen LogP contribution in [0.25, 0.3) is 0 Å². The number of anilines is 1. The molecular weight excluding hydrogens is 516 g/mol. The van der Waals surface area contributed by atoms with Crippen LogP contribution < -0.4 is 15.0 Å². The van der Waals surface area contributed by atoms with Gasteiger partial charge in [0.1, 0.15) is 17.8 Å². The number of piperidine rings is 1. The van der Waals surface area contributed by atoms with Gasteiger partial charge >= 0.3 is 0 Å². The molecule has 2 aliphatic rings. The third-order valence-electron chi connectivity index (χ3n) is 7.99. The van der Waals surface area contributed by atoms with Crippen LogP contribution in [0.4, 0.5) is 5.69 Å². The van der Waals surface area contributed by atoms with Crippen LogP contribution in [0.2, 0.25) is 0 Å². The highest BCUT2D eigenvalue weighted by molar-refractivity contribution is 5.97. The first-order valence-electron chi connectivity index (χ1n) is 14.4. The van der Waals surface area contributed by atoms with E-state index in [4.69, 9.17) is 4.74 Å². The topological polar surface area (TPSA) is 82.2 Å². The highest BCUT2D eigenvalue weighted by Gasteiger charge is 2.54. The average Bonchev–Trinajstić information content (AvgIpc) is 3.27. The first kappa shape index (κ1) is 28.2. The van der Waals surface area contributed by atoms with E-state index in [9.17, 15) is 14.4 Å². The van der Waals surface area contributed by atoms with Crippen LogP contribution in [0.15, 0.2) is 84.9 Å². The molecule has 0 aromatic heterocycles. The number of carbonyl (C=O) groups excluding carboxylic acids is 3. The summed E-state index contributed by atoms with van der Waals surface area (Å²) in [6.45, 7) is 4.43. The number of nitrogens with zero attached hydrogens (tertiary/aromatic N) is 3. The minimum atomic E-state index is -0.797. The predicted molar refractivity (Wildman–Crippen MR) is 159 cm³/mol. The molecule has 2 heterocycles. The molecule has 0 saturated carbocycles. The van der Waals surface area contributed by atoms with Gasteiger partial charge < -0.3 is 24.8 Å². The molecule has 0 radical (unpaired) electrons. The Hall–Kier alpha value is -4.33. The minimum Gasteiger partial charge on any atom is -0.494 e. The van der Waals surface area contributed by atoms with Gasteiger partial charge in [-0.3, -0.25) is 14.4 Å². The quantitative estimate of drug-likeness (QED) is 0.374. The van der Waals surface area contributed by atoms with E-state index >= 15 is 0 Å². The van der Waals surface area contributed by atoms with Gasteiger partial charge in [-0.05, 0) is 61.2 Å². The van der Waals surface area contributed by atoms with Crippen molar-refractivity contribution in [2.75, 3.05) is 37.8 Å². The lowest BCUT2D eigenvalue weighted by atomic mass is 9.85. The highest BCUT2D eigenvalue weighted by atomic mass is 16.5. The Morgan fingerprint density at radius 2 is 1.56 bits per heavy atom. The molecule has 214 valence electrons. The van der Waals surface area contributed by atoms with Crippen molar-refractivity contribution in [2.24, 2.45) is 0 Å². The van der Waals surface area contributed by atoms with E-state index in [1.165, 1.54) is 0 Å². The van der Waals surface area contributed by atoms with Crippen LogP contribution >= 0.6 is 0 Å². The lowest BCUT2D eigenvalue weighted by Gasteiger charge is -2.43. The Balaban J connectivity index is 1.25. The number of para-hydroxylation sites is 1. The molecule has 2 aliphatic heterocycles. The monoisotopic (exact) mass is 554 g/mol. The maximum Gasteiger partial charge on any atom is 0.253 e. The van der Waals surface area contributed by atoms with Gasteiger partial charge in [0.15, 0.2) is 0 Å². The number of carbonyl (C=O) groups is 3. The highest BCUT2D eigenvalue weighted by Crippen LogP contribution is 2.39. The van der Waals surface area contributed by atoms with Crippen LogP contribution in [-0.4, -0.2) is 66.0 Å². The number of unbranched alkanes of at least 4 members (excludes halogenated alkanes) is 1. The Bertz CT molecular complexity index is 1320. The molecule has 1 N–H and O–H groups in total. The summed E-state index contributed by atoms with van der Waals surface area (Å²) in [6, 6.07) is 26.9. The van der Waals surface area contributed by atoms with Crippen molar-refractivity contribution in [1.82, 2.24) is 15.1 Å². The number of hydrogen-bond acceptors (Lipinski definition) is 5. The SMILES string of the molecule is CCCCOc1ccc(C(=O)N2CCC3(CC2)C(=O)N(CC(=O)NCc2ccccc2)CN3c2ccccc2)cc1. The summed E-state index contributed by atoms with van der Waals surface area (Å²) in [5.41, 5.74) is 1.76. The molecule has 0 unspecified atom stereocenters. The van der Waals surface area contributed by atoms with Crippen molar-refractivity contribution in [2.45, 2.75) is 44.7 Å². The second-order valence-corrected chi connectivity index (χ2v) is 10.7. The maximum atomic E-state index is 14.0. The van der Waals surface area contributed by atoms with Gasteiger partial charge in [-0.25, -0.2) is 0 Å². The van der Waals surface area contributed by atoms with Gasteiger partial charge in [0, 0.05) is 30.9 Å². The van der Waals surface area contributed by atoms with Gasteiger partial charge in [-0.2, -0.15) is 0 Å². The number of benzene rings is 3. The first-order valence-corrected chi connectivity index (χ1v) is 14.4. The largest absolute Gasteiger partial charge is 0.494 e. The van der Waals surface area contributed by atoms with Crippen LogP contribution in [-0.2, 0) is 16.1 Å². The second kappa shape index (κ2) is 12.9. The van der Waals surface area contributed by atoms with E-state index in [1.807, 2.05) is 77.7 Å². The maximum absolute atomic E-state index is 14.0. The molecule has 8 heteroatoms. The molecule has 1 spiro atoms. The van der Waals surface area contributed by atoms with E-state index < -0.39 is 5.54 Å². The van der Waals surface area contributed by atoms with Gasteiger partial charge in [0.05, 0.1) is 13.3 Å². The molecule has 0 atom stereocenters. The summed E-state index contributed by atoms with van der Waals surface area (Å²) in [5.74, 6) is 0.461. The lowest BCUT2D eigenvalue weighted by molar-refractivity contribution is -0.137. The molecular formula is C33H38N4O4. The van der Waals surface area contributed by atoms with Gasteiger partial charge in [-0.15, -0.1) is 0 Å². The fourth-order valence-electron chi connectivity index (χ4n) is 5.64. The van der Waals surface area contributed by atoms with E-state index in [-0.39, 0.29) is 24.3 Å². The smallest absolute Gasteiger partial charge is 0.253 e. The summed E-state index contributed by atoms with van der Waals surface area (Å²) < 4.78 is 5.73. The molecule has 3 aromatic carbocycles. The Labute approximate surface area is 241 Å². The molecule has 3 aromatic rings. The average molecular weight is 555 g/mol. The van der Waals surface area contributed by atoms with Crippen LogP contribution in [0.5, 0.6) is 5.75 Å². The second-order valence-electron chi connectivity index (χ2n) is 10.7. The summed E-state index contributed by atoms with van der Waals surface area (Å²) in [5, 5.41) is 2.94. The zero-order valence-electron chi connectivity index (χ0n) is 23.6. The fraction of sp³-hybridized carbons (Fsp3) is 0.364. The third kappa shape index (κ3) is 6.37. The van der Waals surface area contributed by atoms with Crippen molar-refractivity contribution < 1.29 is 19.1 Å². The number of amides is 3. The van der Waals surface area contributed by atoms with E-state index in [2.05, 4.69) is 17.1 Å². The summed E-state index contributed by atoms with van der Waals surface area (Å²) in [4.78, 5) is 45.7. The molecule has 0 aliphatic carbocycles. The van der Waals surface area contributed by atoms with Crippen molar-refractivity contribution in [1.29, 1.82) is 0 Å². The Morgan fingerprint density at radius 1 is 0.902 bits per heavy atom. The van der Waals surface area contributed by atoms with Crippen molar-refractivity contribution >= 4 is 23.4 Å². The van der Waals surface area contributed by atoms with Crippen LogP contribution in [0, 0.1) is 0 Å². The molecule has 8 nitrogen and oxygen atoms in total. The number of rotatable bonds is 10. The Kier molecular flexibility index (Phi) is 8.87. The van der Waals surface area contributed by atoms with Crippen molar-refractivity contribution in [3.63, 3.8) is 0 Å². The molecule has 5 rings (SSSR count). The summed E-state index contributed by atoms with van der Waals surface area (Å²) >= 11 is 0. The standard InChI is InChI=1S/C33H38N4O4/c1-2-3-22-41-29-16-14-27(15-17-29)31(39)35-20-18-33(19-21-35)32(40)36(25-37(33)28-12-8-5-9-13-28)24-30(38)34-23-26-10-6-4-7-11-26/h4-17H,2-3,18-25H2,1H3,(H,34,38). The van der Waals surface area contributed by atoms with Gasteiger partial charge in [0.25, 0.3) is 11.8 Å². The first-order chi connectivity index (χ1) is 20.0. The Morgan fingerprint density at radius 3 is 2.22 bits per heavy atom. The number of hydrogen-bond donors (Lipinski definition) is 1. The number of nitrogens with one attached hydrogen (secondary N) is 1. The van der Waals surface area contributed by atoms with E-state index in [1.54, 1.807) is 17.0 Å². The van der Waals surface area contributed by atoms with E-state index in [0.717, 1.165) is 29.8 Å². The summed E-state index contributed by atoms with van der Waals surface area (Å²) in [6.07, 6.45) is 3.04. The number of likely N-dealkylation sites (tertiary alicyclic amines) is 1. The minimum absolute atomic E-state index is 0.00787. The van der Waals surface area contributed by atoms with E-state index in [0.29, 0.717) is 51.3 Å². The van der Waals surface area contributed by atoms with Gasteiger partial charge in [0.2, 0.25) is 5.91 Å². The van der Waals surface area contributed by atoms with Crippen LogP contribution in [0.1, 0.15) is 48.5 Å². The molecule has 0 bridgehead atoms. The predicted octanol–water partition coefficient (Wildman–Crippen LogP) is 4.46. The molecule has 2 saturated heterocycles.